The van der Waals surface area contributed by atoms with Crippen molar-refractivity contribution >= 4 is 17.3 Å². The summed E-state index contributed by atoms with van der Waals surface area (Å²) in [4.78, 5) is 45.4. The molecule has 0 spiro atoms. The van der Waals surface area contributed by atoms with E-state index in [9.17, 15) is 4.79 Å². The number of ketones is 3. The van der Waals surface area contributed by atoms with Crippen LogP contribution >= 0.6 is 0 Å². The van der Waals surface area contributed by atoms with Gasteiger partial charge in [0.1, 0.15) is 5.41 Å². The zero-order valence-electron chi connectivity index (χ0n) is 29.6. The maximum atomic E-state index is 15.4. The number of carbonyl (C=O) groups is 3. The van der Waals surface area contributed by atoms with Gasteiger partial charge in [-0.1, -0.05) is 107 Å². The van der Waals surface area contributed by atoms with Crippen LogP contribution in [0.1, 0.15) is 131 Å². The second-order valence-corrected chi connectivity index (χ2v) is 15.4. The summed E-state index contributed by atoms with van der Waals surface area (Å²) in [6, 6.07) is 9.28. The van der Waals surface area contributed by atoms with Gasteiger partial charge >= 0.3 is 0 Å². The van der Waals surface area contributed by atoms with E-state index >= 15 is 9.59 Å². The Labute approximate surface area is 268 Å². The lowest BCUT2D eigenvalue weighted by Gasteiger charge is -2.61. The SMILES string of the molecule is C=C1CC(C)(C)CCC1CC12CC(CC=C(C)C)C(C)(C)C(C(=O)c3ccccc3)(C1=O)C(C)=C(CC=C(C)C)C2=O.CC. The van der Waals surface area contributed by atoms with E-state index in [1.165, 1.54) is 5.57 Å². The molecule has 0 aromatic heterocycles. The molecule has 240 valence electrons. The van der Waals surface area contributed by atoms with E-state index in [1.807, 2.05) is 65.0 Å². The van der Waals surface area contributed by atoms with E-state index in [2.05, 4.69) is 60.3 Å². The zero-order chi connectivity index (χ0) is 33.3. The summed E-state index contributed by atoms with van der Waals surface area (Å²) in [5.41, 5.74) is 2.15. The summed E-state index contributed by atoms with van der Waals surface area (Å²) >= 11 is 0. The number of hydrogen-bond donors (Lipinski definition) is 0. The summed E-state index contributed by atoms with van der Waals surface area (Å²) < 4.78 is 0. The highest BCUT2D eigenvalue weighted by atomic mass is 16.2. The largest absolute Gasteiger partial charge is 0.297 e. The second-order valence-electron chi connectivity index (χ2n) is 15.4. The summed E-state index contributed by atoms with van der Waals surface area (Å²) in [7, 11) is 0. The fraction of sp³-hybridized carbons (Fsp3) is 0.585. The highest BCUT2D eigenvalue weighted by Crippen LogP contribution is 2.67. The fourth-order valence-electron chi connectivity index (χ4n) is 8.49. The van der Waals surface area contributed by atoms with Gasteiger partial charge in [-0.15, -0.1) is 0 Å². The number of carbonyl (C=O) groups excluding carboxylic acids is 3. The molecule has 0 N–H and O–H groups in total. The van der Waals surface area contributed by atoms with Gasteiger partial charge in [0.25, 0.3) is 0 Å². The molecule has 3 aliphatic carbocycles. The molecule has 0 saturated heterocycles. The summed E-state index contributed by atoms with van der Waals surface area (Å²) in [6.07, 6.45) is 9.26. The van der Waals surface area contributed by atoms with Crippen LogP contribution in [0.5, 0.6) is 0 Å². The van der Waals surface area contributed by atoms with Crippen molar-refractivity contribution in [2.24, 2.45) is 33.5 Å². The maximum absolute atomic E-state index is 15.4. The Balaban J connectivity index is 0.00000259. The molecule has 0 radical (unpaired) electrons. The van der Waals surface area contributed by atoms with E-state index in [4.69, 9.17) is 0 Å². The Kier molecular flexibility index (Phi) is 10.8. The number of fused-ring (bicyclic) bond motifs is 2. The van der Waals surface area contributed by atoms with E-state index in [0.29, 0.717) is 36.0 Å². The predicted molar refractivity (Wildman–Crippen MR) is 185 cm³/mol. The summed E-state index contributed by atoms with van der Waals surface area (Å²) in [5.74, 6) is -0.302. The van der Waals surface area contributed by atoms with Crippen LogP contribution in [0, 0.1) is 33.5 Å². The average Bonchev–Trinajstić information content (AvgIpc) is 2.95. The van der Waals surface area contributed by atoms with Crippen molar-refractivity contribution in [3.05, 3.63) is 82.5 Å². The van der Waals surface area contributed by atoms with Crippen molar-refractivity contribution in [2.45, 2.75) is 121 Å². The quantitative estimate of drug-likeness (QED) is 0.170. The first kappa shape index (κ1) is 35.7. The molecule has 4 atom stereocenters. The molecular weight excluding hydrogens is 540 g/mol. The smallest absolute Gasteiger partial charge is 0.181 e. The van der Waals surface area contributed by atoms with Gasteiger partial charge in [0.05, 0.1) is 5.41 Å². The Hall–Kier alpha value is -2.81. The third-order valence-corrected chi connectivity index (χ3v) is 11.0. The molecule has 2 bridgehead atoms. The van der Waals surface area contributed by atoms with Gasteiger partial charge in [-0.25, -0.2) is 0 Å². The summed E-state index contributed by atoms with van der Waals surface area (Å²) in [5, 5.41) is 0. The topological polar surface area (TPSA) is 51.2 Å². The van der Waals surface area contributed by atoms with Crippen LogP contribution in [0.15, 0.2) is 76.9 Å². The second kappa shape index (κ2) is 13.3. The molecule has 2 fully saturated rings. The van der Waals surface area contributed by atoms with Crippen LogP contribution in [-0.2, 0) is 9.59 Å². The number of hydrogen-bond acceptors (Lipinski definition) is 3. The van der Waals surface area contributed by atoms with Gasteiger partial charge in [0.15, 0.2) is 17.3 Å². The first-order valence-electron chi connectivity index (χ1n) is 16.9. The van der Waals surface area contributed by atoms with Crippen molar-refractivity contribution in [2.75, 3.05) is 0 Å². The molecule has 0 amide bonds. The van der Waals surface area contributed by atoms with Gasteiger partial charge in [0, 0.05) is 11.1 Å². The normalized spacial score (nSPS) is 28.9. The molecular formula is C41H58O3. The van der Waals surface area contributed by atoms with Crippen LogP contribution in [-0.4, -0.2) is 17.3 Å². The molecule has 3 heteroatoms. The Morgan fingerprint density at radius 2 is 1.55 bits per heavy atom. The zero-order valence-corrected chi connectivity index (χ0v) is 29.6. The highest BCUT2D eigenvalue weighted by molar-refractivity contribution is 6.30. The van der Waals surface area contributed by atoms with Crippen molar-refractivity contribution in [1.82, 2.24) is 0 Å². The monoisotopic (exact) mass is 598 g/mol. The number of Topliss-reactive ketones (excluding diaryl/α,β-unsaturated/α-hetero) is 3. The lowest BCUT2D eigenvalue weighted by Crippen LogP contribution is -2.68. The van der Waals surface area contributed by atoms with Gasteiger partial charge < -0.3 is 0 Å². The number of rotatable bonds is 8. The van der Waals surface area contributed by atoms with E-state index in [-0.39, 0.29) is 34.6 Å². The van der Waals surface area contributed by atoms with Crippen molar-refractivity contribution in [1.29, 1.82) is 0 Å². The lowest BCUT2D eigenvalue weighted by atomic mass is 9.37. The van der Waals surface area contributed by atoms with E-state index in [0.717, 1.165) is 36.8 Å². The minimum absolute atomic E-state index is 0.0186. The van der Waals surface area contributed by atoms with Gasteiger partial charge in [-0.2, -0.15) is 0 Å². The van der Waals surface area contributed by atoms with Crippen molar-refractivity contribution in [3.8, 4) is 0 Å². The summed E-state index contributed by atoms with van der Waals surface area (Å²) in [6.45, 7) is 27.4. The van der Waals surface area contributed by atoms with Gasteiger partial charge in [-0.3, -0.25) is 14.4 Å². The number of benzene rings is 1. The Bertz CT molecular complexity index is 1370. The minimum Gasteiger partial charge on any atom is -0.297 e. The Morgan fingerprint density at radius 3 is 2.09 bits per heavy atom. The molecule has 3 nitrogen and oxygen atoms in total. The predicted octanol–water partition coefficient (Wildman–Crippen LogP) is 10.9. The highest BCUT2D eigenvalue weighted by Gasteiger charge is 2.73. The van der Waals surface area contributed by atoms with Crippen molar-refractivity contribution < 1.29 is 14.4 Å². The molecule has 4 unspecified atom stereocenters. The molecule has 0 aliphatic heterocycles. The maximum Gasteiger partial charge on any atom is 0.181 e. The molecule has 2 saturated carbocycles. The standard InChI is InChI=1S/C39H52O3.C2H6/c1-25(2)16-18-31-24-38(23-30-20-21-36(7,8)22-27(30)5)34(41)32(19-17-26(3)4)28(6)39(35(38)42,37(31,9)10)33(40)29-14-12-11-13-15-29;1-2/h11-17,30-31H,5,18-24H2,1-4,6-10H3;1-2H3. The van der Waals surface area contributed by atoms with Crippen LogP contribution in [0.2, 0.25) is 0 Å². The third-order valence-electron chi connectivity index (χ3n) is 11.0. The average molecular weight is 599 g/mol. The molecule has 1 aromatic carbocycles. The van der Waals surface area contributed by atoms with Crippen molar-refractivity contribution in [3.63, 3.8) is 0 Å². The first-order chi connectivity index (χ1) is 20.5. The van der Waals surface area contributed by atoms with Gasteiger partial charge in [-0.05, 0) is 108 Å². The molecule has 44 heavy (non-hydrogen) atoms. The molecule has 3 aliphatic rings. The van der Waals surface area contributed by atoms with Crippen LogP contribution in [0.25, 0.3) is 0 Å². The fourth-order valence-corrected chi connectivity index (χ4v) is 8.49. The van der Waals surface area contributed by atoms with Crippen LogP contribution in [0.3, 0.4) is 0 Å². The third kappa shape index (κ3) is 6.05. The lowest BCUT2D eigenvalue weighted by molar-refractivity contribution is -0.162. The molecule has 1 aromatic rings. The van der Waals surface area contributed by atoms with Crippen LogP contribution < -0.4 is 0 Å². The van der Waals surface area contributed by atoms with Gasteiger partial charge in [0.2, 0.25) is 0 Å². The Morgan fingerprint density at radius 1 is 0.955 bits per heavy atom. The van der Waals surface area contributed by atoms with E-state index in [1.54, 1.807) is 0 Å². The minimum atomic E-state index is -1.42. The number of allylic oxidation sites excluding steroid dienone is 7. The molecule has 4 rings (SSSR count). The molecule has 0 heterocycles. The van der Waals surface area contributed by atoms with E-state index < -0.39 is 16.2 Å². The van der Waals surface area contributed by atoms with Crippen LogP contribution in [0.4, 0.5) is 0 Å². The first-order valence-corrected chi connectivity index (χ1v) is 16.9.